The molecule has 0 amide bonds. The molecule has 0 aliphatic heterocycles. The molecule has 4 aromatic rings. The van der Waals surface area contributed by atoms with Crippen LogP contribution in [0.4, 0.5) is 8.78 Å². The van der Waals surface area contributed by atoms with Gasteiger partial charge in [-0.15, -0.1) is 5.10 Å². The number of nitrogens with zero attached hydrogens (tertiary/aromatic N) is 6. The van der Waals surface area contributed by atoms with Crippen molar-refractivity contribution in [3.63, 3.8) is 0 Å². The Hall–Kier alpha value is -3.50. The van der Waals surface area contributed by atoms with Crippen LogP contribution >= 0.6 is 0 Å². The molecule has 0 bridgehead atoms. The molecule has 1 atom stereocenters. The molecule has 4 rings (SSSR count). The van der Waals surface area contributed by atoms with E-state index in [0.29, 0.717) is 18.8 Å². The Morgan fingerprint density at radius 3 is 2.75 bits per heavy atom. The first-order valence-electron chi connectivity index (χ1n) is 10.1. The normalized spacial score (nSPS) is 13.2. The monoisotopic (exact) mass is 439 g/mol. The number of benzene rings is 2. The number of aryl methyl sites for hydroxylation is 1. The number of aliphatic hydroxyl groups is 1. The van der Waals surface area contributed by atoms with Gasteiger partial charge >= 0.3 is 0 Å². The largest absolute Gasteiger partial charge is 0.382 e. The molecule has 0 aliphatic rings. The summed E-state index contributed by atoms with van der Waals surface area (Å²) < 4.78 is 31.0. The fourth-order valence-corrected chi connectivity index (χ4v) is 3.58. The fraction of sp³-hybridized carbons (Fsp3) is 0.273. The van der Waals surface area contributed by atoms with Crippen LogP contribution in [0.3, 0.4) is 0 Å². The van der Waals surface area contributed by atoms with Crippen molar-refractivity contribution in [3.05, 3.63) is 95.3 Å². The Morgan fingerprint density at radius 1 is 1.12 bits per heavy atom. The molecule has 2 N–H and O–H groups in total. The maximum absolute atomic E-state index is 14.5. The summed E-state index contributed by atoms with van der Waals surface area (Å²) in [6.07, 6.45) is 4.55. The van der Waals surface area contributed by atoms with E-state index in [9.17, 15) is 13.9 Å². The lowest BCUT2D eigenvalue weighted by molar-refractivity contribution is 0.0117. The molecule has 0 radical (unpaired) electrons. The van der Waals surface area contributed by atoms with Crippen LogP contribution in [0.15, 0.2) is 61.3 Å². The minimum absolute atomic E-state index is 0.0276. The summed E-state index contributed by atoms with van der Waals surface area (Å²) in [4.78, 5) is 3.85. The van der Waals surface area contributed by atoms with Crippen LogP contribution in [0.5, 0.6) is 0 Å². The van der Waals surface area contributed by atoms with Gasteiger partial charge in [0, 0.05) is 24.7 Å². The molecule has 2 aromatic carbocycles. The average molecular weight is 439 g/mol. The zero-order chi connectivity index (χ0) is 22.6. The van der Waals surface area contributed by atoms with Gasteiger partial charge in [0.05, 0.1) is 25.0 Å². The molecule has 8 nitrogen and oxygen atoms in total. The molecule has 0 saturated carbocycles. The number of aromatic nitrogens is 6. The molecule has 0 fully saturated rings. The van der Waals surface area contributed by atoms with Crippen molar-refractivity contribution in [1.29, 1.82) is 0 Å². The highest BCUT2D eigenvalue weighted by molar-refractivity contribution is 5.26. The minimum atomic E-state index is -1.69. The summed E-state index contributed by atoms with van der Waals surface area (Å²) in [5, 5.41) is 26.6. The lowest BCUT2D eigenvalue weighted by Gasteiger charge is -2.29. The highest BCUT2D eigenvalue weighted by Crippen LogP contribution is 2.26. The maximum atomic E-state index is 14.5. The number of rotatable bonds is 9. The van der Waals surface area contributed by atoms with Gasteiger partial charge in [-0.05, 0) is 18.6 Å². The number of nitrogens with one attached hydrogen (secondary N) is 1. The standard InChI is InChI=1S/C22H23F2N7O/c1-16-3-2-4-17(7-16)10-30-11-19(28-29-30)9-25-12-22(32,13-31-15-26-14-27-31)20-6-5-18(23)8-21(20)24/h2-8,11,14-15,25,32H,9-10,12-13H2,1H3. The first-order chi connectivity index (χ1) is 15.4. The van der Waals surface area contributed by atoms with Gasteiger partial charge in [0.25, 0.3) is 0 Å². The average Bonchev–Trinajstić information content (AvgIpc) is 3.40. The van der Waals surface area contributed by atoms with E-state index in [1.165, 1.54) is 29.0 Å². The second-order valence-electron chi connectivity index (χ2n) is 7.75. The van der Waals surface area contributed by atoms with E-state index in [1.54, 1.807) is 4.68 Å². The molecule has 1 unspecified atom stereocenters. The van der Waals surface area contributed by atoms with E-state index in [4.69, 9.17) is 0 Å². The van der Waals surface area contributed by atoms with Crippen LogP contribution in [0, 0.1) is 18.6 Å². The number of hydrogen-bond donors (Lipinski definition) is 2. The topological polar surface area (TPSA) is 93.7 Å². The van der Waals surface area contributed by atoms with E-state index in [0.717, 1.165) is 17.7 Å². The van der Waals surface area contributed by atoms with Gasteiger partial charge < -0.3 is 10.4 Å². The van der Waals surface area contributed by atoms with Crippen LogP contribution in [0.25, 0.3) is 0 Å². The predicted molar refractivity (Wildman–Crippen MR) is 112 cm³/mol. The first-order valence-corrected chi connectivity index (χ1v) is 10.1. The third kappa shape index (κ3) is 5.21. The Balaban J connectivity index is 1.44. The molecule has 32 heavy (non-hydrogen) atoms. The quantitative estimate of drug-likeness (QED) is 0.415. The van der Waals surface area contributed by atoms with E-state index < -0.39 is 17.2 Å². The molecule has 2 aromatic heterocycles. The zero-order valence-corrected chi connectivity index (χ0v) is 17.5. The van der Waals surface area contributed by atoms with E-state index in [-0.39, 0.29) is 18.7 Å². The molecule has 0 spiro atoms. The lowest BCUT2D eigenvalue weighted by Crippen LogP contribution is -2.42. The number of halogens is 2. The van der Waals surface area contributed by atoms with Crippen LogP contribution in [-0.2, 0) is 25.2 Å². The van der Waals surface area contributed by atoms with E-state index in [1.807, 2.05) is 31.3 Å². The first kappa shape index (κ1) is 21.7. The van der Waals surface area contributed by atoms with Gasteiger partial charge in [0.1, 0.15) is 29.9 Å². The summed E-state index contributed by atoms with van der Waals surface area (Å²) in [6.45, 7) is 2.83. The maximum Gasteiger partial charge on any atom is 0.137 e. The third-order valence-corrected chi connectivity index (χ3v) is 5.06. The summed E-state index contributed by atoms with van der Waals surface area (Å²) in [5.74, 6) is -1.55. The second kappa shape index (κ2) is 9.33. The molecule has 2 heterocycles. The molecular weight excluding hydrogens is 416 g/mol. The highest BCUT2D eigenvalue weighted by atomic mass is 19.1. The second-order valence-corrected chi connectivity index (χ2v) is 7.75. The van der Waals surface area contributed by atoms with Gasteiger partial charge in [-0.25, -0.2) is 23.1 Å². The third-order valence-electron chi connectivity index (χ3n) is 5.06. The molecule has 0 saturated heterocycles. The number of hydrogen-bond acceptors (Lipinski definition) is 6. The van der Waals surface area contributed by atoms with Crippen molar-refractivity contribution in [2.75, 3.05) is 6.54 Å². The molecule has 0 aliphatic carbocycles. The zero-order valence-electron chi connectivity index (χ0n) is 17.5. The highest BCUT2D eigenvalue weighted by Gasteiger charge is 2.33. The van der Waals surface area contributed by atoms with Gasteiger partial charge in [0.15, 0.2) is 0 Å². The summed E-state index contributed by atoms with van der Waals surface area (Å²) >= 11 is 0. The van der Waals surface area contributed by atoms with Crippen LogP contribution in [0.2, 0.25) is 0 Å². The smallest absolute Gasteiger partial charge is 0.137 e. The molecular formula is C22H23F2N7O. The minimum Gasteiger partial charge on any atom is -0.382 e. The summed E-state index contributed by atoms with van der Waals surface area (Å²) in [5.41, 5.74) is 1.22. The Labute approximate surface area is 183 Å². The van der Waals surface area contributed by atoms with Gasteiger partial charge in [-0.2, -0.15) is 5.10 Å². The Kier molecular flexibility index (Phi) is 6.33. The van der Waals surface area contributed by atoms with Crippen LogP contribution in [-0.4, -0.2) is 41.4 Å². The fourth-order valence-electron chi connectivity index (χ4n) is 3.58. The lowest BCUT2D eigenvalue weighted by atomic mass is 9.92. The van der Waals surface area contributed by atoms with E-state index in [2.05, 4.69) is 31.8 Å². The van der Waals surface area contributed by atoms with Crippen LogP contribution < -0.4 is 5.32 Å². The van der Waals surface area contributed by atoms with E-state index >= 15 is 0 Å². The SMILES string of the molecule is Cc1cccc(Cn2cc(CNCC(O)(Cn3cncn3)c3ccc(F)cc3F)nn2)c1. The van der Waals surface area contributed by atoms with Gasteiger partial charge in [-0.1, -0.05) is 41.1 Å². The van der Waals surface area contributed by atoms with Gasteiger partial charge in [0.2, 0.25) is 0 Å². The van der Waals surface area contributed by atoms with Gasteiger partial charge in [-0.3, -0.25) is 0 Å². The summed E-state index contributed by atoms with van der Waals surface area (Å²) in [7, 11) is 0. The molecule has 166 valence electrons. The molecule has 10 heteroatoms. The van der Waals surface area contributed by atoms with Crippen molar-refractivity contribution in [3.8, 4) is 0 Å². The van der Waals surface area contributed by atoms with Crippen molar-refractivity contribution in [2.45, 2.75) is 32.2 Å². The van der Waals surface area contributed by atoms with Crippen molar-refractivity contribution < 1.29 is 13.9 Å². The Morgan fingerprint density at radius 2 is 2.00 bits per heavy atom. The summed E-state index contributed by atoms with van der Waals surface area (Å²) in [6, 6.07) is 11.2. The predicted octanol–water partition coefficient (Wildman–Crippen LogP) is 2.18. The Bertz CT molecular complexity index is 1180. The van der Waals surface area contributed by atoms with Crippen molar-refractivity contribution >= 4 is 0 Å². The van der Waals surface area contributed by atoms with Crippen molar-refractivity contribution in [2.24, 2.45) is 0 Å². The van der Waals surface area contributed by atoms with Crippen molar-refractivity contribution in [1.82, 2.24) is 35.1 Å². The van der Waals surface area contributed by atoms with Crippen LogP contribution in [0.1, 0.15) is 22.4 Å².